The van der Waals surface area contributed by atoms with Gasteiger partial charge < -0.3 is 9.32 Å². The van der Waals surface area contributed by atoms with Crippen LogP contribution in [0.1, 0.15) is 25.5 Å². The second-order valence-corrected chi connectivity index (χ2v) is 9.56. The lowest BCUT2D eigenvalue weighted by molar-refractivity contribution is -0.133. The zero-order valence-electron chi connectivity index (χ0n) is 14.8. The molecule has 1 aromatic heterocycles. The minimum absolute atomic E-state index is 0.0277. The normalized spacial score (nSPS) is 23.4. The van der Waals surface area contributed by atoms with Gasteiger partial charge in [0, 0.05) is 31.6 Å². The van der Waals surface area contributed by atoms with Crippen molar-refractivity contribution < 1.29 is 27.2 Å². The minimum atomic E-state index is -3.10. The second-order valence-electron chi connectivity index (χ2n) is 6.34. The first-order valence-electron chi connectivity index (χ1n) is 8.59. The summed E-state index contributed by atoms with van der Waals surface area (Å²) >= 11 is 0.805. The number of nitrogens with zero attached hydrogens (tertiary/aromatic N) is 2. The van der Waals surface area contributed by atoms with Gasteiger partial charge in [-0.25, -0.2) is 8.42 Å². The van der Waals surface area contributed by atoms with E-state index in [0.29, 0.717) is 18.7 Å². The lowest BCUT2D eigenvalue weighted by atomic mass is 10.2. The second kappa shape index (κ2) is 7.89. The van der Waals surface area contributed by atoms with Crippen LogP contribution in [0, 0.1) is 0 Å². The highest BCUT2D eigenvalue weighted by atomic mass is 32.2. The molecule has 27 heavy (non-hydrogen) atoms. The zero-order chi connectivity index (χ0) is 19.6. The Kier molecular flexibility index (Phi) is 5.75. The third kappa shape index (κ3) is 4.44. The molecule has 0 radical (unpaired) electrons. The van der Waals surface area contributed by atoms with Crippen molar-refractivity contribution in [3.05, 3.63) is 29.1 Å². The van der Waals surface area contributed by atoms with Crippen LogP contribution in [0.5, 0.6) is 0 Å². The molecular weight excluding hydrogens is 392 g/mol. The first-order chi connectivity index (χ1) is 12.8. The van der Waals surface area contributed by atoms with Crippen molar-refractivity contribution in [3.8, 4) is 0 Å². The molecule has 2 aliphatic rings. The number of hydrogen-bond acceptors (Lipinski definition) is 7. The first-order valence-corrected chi connectivity index (χ1v) is 11.2. The summed E-state index contributed by atoms with van der Waals surface area (Å²) < 4.78 is 28.5. The Hall–Kier alpha value is -2.07. The van der Waals surface area contributed by atoms with Crippen LogP contribution < -0.4 is 0 Å². The molecule has 0 aliphatic carbocycles. The van der Waals surface area contributed by atoms with Crippen molar-refractivity contribution in [2.24, 2.45) is 0 Å². The third-order valence-corrected chi connectivity index (χ3v) is 7.21. The lowest BCUT2D eigenvalue weighted by Crippen LogP contribution is -2.42. The summed E-state index contributed by atoms with van der Waals surface area (Å²) in [5, 5.41) is -0.433. The maximum atomic E-state index is 12.5. The van der Waals surface area contributed by atoms with Crippen molar-refractivity contribution in [2.45, 2.75) is 25.8 Å². The van der Waals surface area contributed by atoms with Gasteiger partial charge in [0.25, 0.3) is 11.1 Å². The third-order valence-electron chi connectivity index (χ3n) is 4.55. The summed E-state index contributed by atoms with van der Waals surface area (Å²) in [5.41, 5.74) is 0. The average molecular weight is 412 g/mol. The molecule has 1 unspecified atom stereocenters. The van der Waals surface area contributed by atoms with E-state index in [2.05, 4.69) is 0 Å². The molecule has 0 N–H and O–H groups in total. The maximum Gasteiger partial charge on any atom is 0.293 e. The van der Waals surface area contributed by atoms with Gasteiger partial charge in [0.1, 0.15) is 5.76 Å². The van der Waals surface area contributed by atoms with Crippen LogP contribution in [-0.2, 0) is 19.4 Å². The van der Waals surface area contributed by atoms with E-state index < -0.39 is 21.0 Å². The monoisotopic (exact) mass is 412 g/mol. The van der Waals surface area contributed by atoms with E-state index in [0.717, 1.165) is 16.7 Å². The summed E-state index contributed by atoms with van der Waals surface area (Å²) in [4.78, 5) is 39.9. The van der Waals surface area contributed by atoms with Gasteiger partial charge in [-0.3, -0.25) is 19.3 Å². The van der Waals surface area contributed by atoms with Crippen molar-refractivity contribution in [2.75, 3.05) is 24.6 Å². The average Bonchev–Trinajstić information content (AvgIpc) is 3.29. The van der Waals surface area contributed by atoms with E-state index >= 15 is 0 Å². The Bertz CT molecular complexity index is 875. The molecule has 3 rings (SSSR count). The van der Waals surface area contributed by atoms with E-state index in [1.807, 2.05) is 0 Å². The molecule has 1 aromatic rings. The zero-order valence-corrected chi connectivity index (χ0v) is 16.4. The molecule has 0 spiro atoms. The fraction of sp³-hybridized carbons (Fsp3) is 0.471. The van der Waals surface area contributed by atoms with Crippen LogP contribution >= 0.6 is 11.8 Å². The van der Waals surface area contributed by atoms with Gasteiger partial charge in [0.2, 0.25) is 5.91 Å². The number of amides is 3. The van der Waals surface area contributed by atoms with Crippen molar-refractivity contribution in [1.29, 1.82) is 0 Å². The highest BCUT2D eigenvalue weighted by Gasteiger charge is 2.37. The molecule has 2 aliphatic heterocycles. The summed E-state index contributed by atoms with van der Waals surface area (Å²) in [6, 6.07) is 3.02. The Balaban J connectivity index is 1.61. The molecule has 1 atom stereocenters. The predicted molar refractivity (Wildman–Crippen MR) is 100 cm³/mol. The summed E-state index contributed by atoms with van der Waals surface area (Å²) in [6.45, 7) is 2.14. The van der Waals surface area contributed by atoms with Crippen molar-refractivity contribution >= 4 is 44.7 Å². The van der Waals surface area contributed by atoms with Gasteiger partial charge in [0.05, 0.1) is 22.7 Å². The fourth-order valence-electron chi connectivity index (χ4n) is 3.21. The van der Waals surface area contributed by atoms with Gasteiger partial charge in [-0.15, -0.1) is 0 Å². The number of carbonyl (C=O) groups is 3. The van der Waals surface area contributed by atoms with E-state index in [9.17, 15) is 22.8 Å². The highest BCUT2D eigenvalue weighted by Crippen LogP contribution is 2.32. The highest BCUT2D eigenvalue weighted by molar-refractivity contribution is 8.18. The van der Waals surface area contributed by atoms with Crippen LogP contribution in [0.15, 0.2) is 27.7 Å². The maximum absolute atomic E-state index is 12.5. The van der Waals surface area contributed by atoms with E-state index in [4.69, 9.17) is 4.42 Å². The summed E-state index contributed by atoms with van der Waals surface area (Å²) in [5.74, 6) is -0.187. The summed E-state index contributed by atoms with van der Waals surface area (Å²) in [7, 11) is -3.10. The molecule has 2 fully saturated rings. The number of sulfone groups is 1. The molecular formula is C17H20N2O6S2. The molecule has 2 saturated heterocycles. The molecule has 0 bridgehead atoms. The van der Waals surface area contributed by atoms with Crippen LogP contribution in [0.2, 0.25) is 0 Å². The molecule has 3 amide bonds. The molecule has 8 nitrogen and oxygen atoms in total. The molecule has 0 saturated carbocycles. The molecule has 3 heterocycles. The number of rotatable bonds is 6. The largest absolute Gasteiger partial charge is 0.465 e. The van der Waals surface area contributed by atoms with Crippen LogP contribution in [0.3, 0.4) is 0 Å². The van der Waals surface area contributed by atoms with Crippen LogP contribution in [-0.4, -0.2) is 65.9 Å². The van der Waals surface area contributed by atoms with Crippen molar-refractivity contribution in [1.82, 2.24) is 9.80 Å². The number of thioether (sulfide) groups is 1. The molecule has 146 valence electrons. The molecule has 10 heteroatoms. The van der Waals surface area contributed by atoms with E-state index in [1.165, 1.54) is 17.2 Å². The van der Waals surface area contributed by atoms with Gasteiger partial charge in [-0.2, -0.15) is 0 Å². The number of furan rings is 1. The van der Waals surface area contributed by atoms with Crippen LogP contribution in [0.25, 0.3) is 6.08 Å². The van der Waals surface area contributed by atoms with Gasteiger partial charge in [0.15, 0.2) is 9.84 Å². The number of carbonyl (C=O) groups excluding carboxylic acids is 3. The van der Waals surface area contributed by atoms with Crippen LogP contribution in [0.4, 0.5) is 4.79 Å². The van der Waals surface area contributed by atoms with E-state index in [1.54, 1.807) is 19.1 Å². The van der Waals surface area contributed by atoms with E-state index in [-0.39, 0.29) is 41.3 Å². The van der Waals surface area contributed by atoms with Gasteiger partial charge >= 0.3 is 0 Å². The summed E-state index contributed by atoms with van der Waals surface area (Å²) in [6.07, 6.45) is 3.36. The minimum Gasteiger partial charge on any atom is -0.465 e. The Labute approximate surface area is 161 Å². The topological polar surface area (TPSA) is 105 Å². The Morgan fingerprint density at radius 1 is 1.44 bits per heavy atom. The fourth-order valence-corrected chi connectivity index (χ4v) is 5.78. The molecule has 0 aromatic carbocycles. The quantitative estimate of drug-likeness (QED) is 0.655. The number of imide groups is 1. The Morgan fingerprint density at radius 3 is 2.81 bits per heavy atom. The van der Waals surface area contributed by atoms with Gasteiger partial charge in [-0.1, -0.05) is 0 Å². The standard InChI is InChI=1S/C17H20N2O6S2/c1-2-18(12-6-9-27(23,24)11-12)15(20)5-7-19-16(21)14(26-17(19)22)10-13-4-3-8-25-13/h3-4,8,10,12H,2,5-7,9,11H2,1H3. The van der Waals surface area contributed by atoms with Crippen molar-refractivity contribution in [3.63, 3.8) is 0 Å². The van der Waals surface area contributed by atoms with Gasteiger partial charge in [-0.05, 0) is 37.2 Å². The first kappa shape index (κ1) is 19.7. The smallest absolute Gasteiger partial charge is 0.293 e. The Morgan fingerprint density at radius 2 is 2.22 bits per heavy atom. The predicted octanol–water partition coefficient (Wildman–Crippen LogP) is 1.74. The lowest BCUT2D eigenvalue weighted by Gasteiger charge is -2.27. The SMILES string of the molecule is CCN(C(=O)CCN1C(=O)SC(=Cc2ccco2)C1=O)C1CCS(=O)(=O)C1. The number of hydrogen-bond donors (Lipinski definition) is 0.